The van der Waals surface area contributed by atoms with E-state index in [-0.39, 0.29) is 19.1 Å². The van der Waals surface area contributed by atoms with Crippen molar-refractivity contribution < 1.29 is 28.7 Å². The molecule has 128 valence electrons. The maximum Gasteiger partial charge on any atom is 0.348 e. The van der Waals surface area contributed by atoms with Crippen molar-refractivity contribution in [2.24, 2.45) is 0 Å². The quantitative estimate of drug-likeness (QED) is 0.204. The Hall–Kier alpha value is -1.36. The lowest BCUT2D eigenvalue weighted by Crippen LogP contribution is -2.44. The lowest BCUT2D eigenvalue weighted by molar-refractivity contribution is -0.151. The Morgan fingerprint density at radius 2 is 1.68 bits per heavy atom. The highest BCUT2D eigenvalue weighted by atomic mass is 32.1. The van der Waals surface area contributed by atoms with Crippen LogP contribution in [0, 0.1) is 0 Å². The molecule has 22 heavy (non-hydrogen) atoms. The molecule has 3 N–H and O–H groups in total. The summed E-state index contributed by atoms with van der Waals surface area (Å²) >= 11 is 3.56. The van der Waals surface area contributed by atoms with Gasteiger partial charge in [-0.05, 0) is 19.3 Å². The molecule has 0 saturated heterocycles. The highest BCUT2D eigenvalue weighted by Crippen LogP contribution is 2.03. The van der Waals surface area contributed by atoms with Crippen molar-refractivity contribution in [1.29, 1.82) is 0 Å². The third kappa shape index (κ3) is 10.4. The number of methoxy groups -OCH3 is 2. The molecule has 1 unspecified atom stereocenters. The predicted octanol–water partition coefficient (Wildman–Crippen LogP) is -1.06. The number of ether oxygens (including phenoxy) is 2. The summed E-state index contributed by atoms with van der Waals surface area (Å²) in [5.74, 6) is -1.27. The van der Waals surface area contributed by atoms with Crippen LogP contribution in [0.25, 0.3) is 0 Å². The average Bonchev–Trinajstić information content (AvgIpc) is 2.46. The molecule has 2 amide bonds. The summed E-state index contributed by atoms with van der Waals surface area (Å²) in [6.07, 6.45) is 1.62. The molecule has 0 aliphatic carbocycles. The van der Waals surface area contributed by atoms with E-state index in [0.29, 0.717) is 25.8 Å². The molecule has 0 spiro atoms. The van der Waals surface area contributed by atoms with Gasteiger partial charge in [0, 0.05) is 20.8 Å². The first-order chi connectivity index (χ1) is 10.5. The Morgan fingerprint density at radius 1 is 1.05 bits per heavy atom. The molecule has 1 atom stereocenters. The largest absolute Gasteiger partial charge is 0.375 e. The summed E-state index contributed by atoms with van der Waals surface area (Å²) in [6.45, 7) is 0.321. The van der Waals surface area contributed by atoms with Crippen LogP contribution in [-0.2, 0) is 28.7 Å². The lowest BCUT2D eigenvalue weighted by atomic mass is 10.1. The van der Waals surface area contributed by atoms with Crippen molar-refractivity contribution in [3.63, 3.8) is 0 Å². The van der Waals surface area contributed by atoms with Gasteiger partial charge in [-0.25, -0.2) is 4.79 Å². The van der Waals surface area contributed by atoms with Crippen molar-refractivity contribution in [1.82, 2.24) is 15.5 Å². The van der Waals surface area contributed by atoms with E-state index in [2.05, 4.69) is 37.8 Å². The van der Waals surface area contributed by atoms with Crippen LogP contribution in [0.4, 0.5) is 0 Å². The van der Waals surface area contributed by atoms with Crippen LogP contribution in [0.3, 0.4) is 0 Å². The van der Waals surface area contributed by atoms with Gasteiger partial charge in [0.1, 0.15) is 19.3 Å². The molecule has 0 aliphatic heterocycles. The van der Waals surface area contributed by atoms with Crippen LogP contribution in [-0.4, -0.2) is 57.8 Å². The van der Waals surface area contributed by atoms with Crippen molar-refractivity contribution in [3.8, 4) is 0 Å². The van der Waals surface area contributed by atoms with Gasteiger partial charge in [-0.2, -0.15) is 0 Å². The topological polar surface area (TPSA) is 115 Å². The zero-order valence-electron chi connectivity index (χ0n) is 12.7. The zero-order valence-corrected chi connectivity index (χ0v) is 13.6. The third-order valence-electron chi connectivity index (χ3n) is 2.56. The van der Waals surface area contributed by atoms with E-state index in [1.807, 2.05) is 4.89 Å². The number of nitrogens with one attached hydrogen (secondary N) is 3. The van der Waals surface area contributed by atoms with E-state index in [9.17, 15) is 14.4 Å². The van der Waals surface area contributed by atoms with E-state index in [0.717, 1.165) is 0 Å². The molecule has 10 heteroatoms. The number of hydrogen-bond donors (Lipinski definition) is 4. The van der Waals surface area contributed by atoms with Gasteiger partial charge in [-0.1, -0.05) is 17.7 Å². The van der Waals surface area contributed by atoms with Gasteiger partial charge in [0.15, 0.2) is 0 Å². The SMILES string of the molecule is COCC(=O)NCCCCC(NC(=O)COC)C(=O)ONS. The summed E-state index contributed by atoms with van der Waals surface area (Å²) in [7, 11) is 2.82. The lowest BCUT2D eigenvalue weighted by Gasteiger charge is -2.16. The fraction of sp³-hybridized carbons (Fsp3) is 0.750. The molecule has 0 bridgehead atoms. The van der Waals surface area contributed by atoms with Gasteiger partial charge < -0.3 is 24.9 Å². The summed E-state index contributed by atoms with van der Waals surface area (Å²) < 4.78 is 9.36. The van der Waals surface area contributed by atoms with Gasteiger partial charge in [-0.3, -0.25) is 9.59 Å². The first-order valence-electron chi connectivity index (χ1n) is 6.68. The second-order valence-electron chi connectivity index (χ2n) is 4.34. The second kappa shape index (κ2) is 13.3. The Labute approximate surface area is 134 Å². The van der Waals surface area contributed by atoms with E-state index >= 15 is 0 Å². The van der Waals surface area contributed by atoms with Gasteiger partial charge >= 0.3 is 5.97 Å². The molecule has 0 aliphatic rings. The van der Waals surface area contributed by atoms with Crippen molar-refractivity contribution in [3.05, 3.63) is 0 Å². The maximum absolute atomic E-state index is 11.7. The Bertz CT molecular complexity index is 356. The summed E-state index contributed by atoms with van der Waals surface area (Å²) in [4.78, 5) is 40.8. The van der Waals surface area contributed by atoms with E-state index < -0.39 is 17.9 Å². The normalized spacial score (nSPS) is 11.6. The summed E-state index contributed by atoms with van der Waals surface area (Å²) in [5, 5.41) is 5.16. The van der Waals surface area contributed by atoms with Crippen LogP contribution in [0.5, 0.6) is 0 Å². The Kier molecular flexibility index (Phi) is 12.5. The zero-order chi connectivity index (χ0) is 16.8. The number of carbonyl (C=O) groups excluding carboxylic acids is 3. The highest BCUT2D eigenvalue weighted by molar-refractivity contribution is 7.77. The number of rotatable bonds is 12. The minimum absolute atomic E-state index is 0.00956. The fourth-order valence-electron chi connectivity index (χ4n) is 1.62. The molecular formula is C12H23N3O6S. The number of carbonyl (C=O) groups is 3. The third-order valence-corrected chi connectivity index (χ3v) is 2.65. The molecular weight excluding hydrogens is 314 g/mol. The standard InChI is InChI=1S/C12H23N3O6S/c1-19-7-10(16)13-6-4-3-5-9(12(18)21-15-22)14-11(17)8-20-2/h9,15,22H,3-8H2,1-2H3,(H,13,16)(H,14,17). The molecule has 0 aromatic rings. The fourth-order valence-corrected chi connectivity index (χ4v) is 1.71. The van der Waals surface area contributed by atoms with E-state index in [1.54, 1.807) is 0 Å². The molecule has 0 aromatic carbocycles. The van der Waals surface area contributed by atoms with Crippen LogP contribution < -0.4 is 15.5 Å². The molecule has 0 rings (SSSR count). The van der Waals surface area contributed by atoms with Crippen molar-refractivity contribution >= 4 is 30.6 Å². The summed E-state index contributed by atoms with van der Waals surface area (Å²) in [6, 6.07) is -0.808. The van der Waals surface area contributed by atoms with Crippen LogP contribution in [0.15, 0.2) is 0 Å². The van der Waals surface area contributed by atoms with Crippen LogP contribution >= 0.6 is 12.8 Å². The molecule has 0 radical (unpaired) electrons. The highest BCUT2D eigenvalue weighted by Gasteiger charge is 2.22. The van der Waals surface area contributed by atoms with Crippen LogP contribution in [0.1, 0.15) is 19.3 Å². The monoisotopic (exact) mass is 337 g/mol. The van der Waals surface area contributed by atoms with Crippen molar-refractivity contribution in [2.45, 2.75) is 25.3 Å². The minimum atomic E-state index is -0.808. The second-order valence-corrected chi connectivity index (χ2v) is 4.53. The van der Waals surface area contributed by atoms with Gasteiger partial charge in [0.2, 0.25) is 11.8 Å². The predicted molar refractivity (Wildman–Crippen MR) is 80.8 cm³/mol. The number of hydrogen-bond acceptors (Lipinski definition) is 8. The van der Waals surface area contributed by atoms with Gasteiger partial charge in [0.05, 0.1) is 0 Å². The van der Waals surface area contributed by atoms with E-state index in [4.69, 9.17) is 0 Å². The first-order valence-corrected chi connectivity index (χ1v) is 7.13. The number of thiol groups is 1. The Morgan fingerprint density at radius 3 is 2.27 bits per heavy atom. The smallest absolute Gasteiger partial charge is 0.348 e. The summed E-state index contributed by atoms with van der Waals surface area (Å²) in [5.41, 5.74) is 0. The maximum atomic E-state index is 11.7. The molecule has 0 aromatic heterocycles. The average molecular weight is 337 g/mol. The molecule has 0 heterocycles. The van der Waals surface area contributed by atoms with Crippen molar-refractivity contribution in [2.75, 3.05) is 34.0 Å². The molecule has 0 saturated carbocycles. The molecule has 9 nitrogen and oxygen atoms in total. The number of amides is 2. The van der Waals surface area contributed by atoms with E-state index in [1.165, 1.54) is 14.2 Å². The molecule has 0 fully saturated rings. The van der Waals surface area contributed by atoms with Gasteiger partial charge in [-0.15, -0.1) is 0 Å². The first kappa shape index (κ1) is 20.6. The van der Waals surface area contributed by atoms with Gasteiger partial charge in [0.25, 0.3) is 0 Å². The van der Waals surface area contributed by atoms with Crippen LogP contribution in [0.2, 0.25) is 0 Å². The minimum Gasteiger partial charge on any atom is -0.375 e. The Balaban J connectivity index is 4.09. The number of unbranched alkanes of at least 4 members (excludes halogenated alkanes) is 1.